The second-order valence-corrected chi connectivity index (χ2v) is 2.85. The Labute approximate surface area is 64.0 Å². The van der Waals surface area contributed by atoms with Crippen LogP contribution in [-0.4, -0.2) is 0 Å². The van der Waals surface area contributed by atoms with E-state index in [9.17, 15) is 0 Å². The summed E-state index contributed by atoms with van der Waals surface area (Å²) >= 11 is 0. The fraction of sp³-hybridized carbons (Fsp3) is 0.400. The predicted molar refractivity (Wildman–Crippen MR) is 47.9 cm³/mol. The third-order valence-corrected chi connectivity index (χ3v) is 1.34. The molecule has 0 aliphatic heterocycles. The summed E-state index contributed by atoms with van der Waals surface area (Å²) in [7, 11) is 0. The van der Waals surface area contributed by atoms with Gasteiger partial charge in [-0.2, -0.15) is 0 Å². The fourth-order valence-electron chi connectivity index (χ4n) is 0.771. The lowest BCUT2D eigenvalue weighted by Crippen LogP contribution is -1.91. The van der Waals surface area contributed by atoms with Gasteiger partial charge in [0.15, 0.2) is 0 Å². The normalized spacial score (nSPS) is 11.9. The molecule has 0 aromatic rings. The van der Waals surface area contributed by atoms with Crippen molar-refractivity contribution in [1.82, 2.24) is 0 Å². The first-order chi connectivity index (χ1) is 4.57. The number of allylic oxidation sites excluding steroid dienone is 4. The number of hydrogen-bond acceptors (Lipinski definition) is 0. The van der Waals surface area contributed by atoms with Crippen LogP contribution in [0.1, 0.15) is 20.8 Å². The molecule has 0 aromatic heterocycles. The average molecular weight is 136 g/mol. The van der Waals surface area contributed by atoms with Gasteiger partial charge >= 0.3 is 0 Å². The summed E-state index contributed by atoms with van der Waals surface area (Å²) < 4.78 is 0. The Morgan fingerprint density at radius 1 is 1.30 bits per heavy atom. The van der Waals surface area contributed by atoms with Crippen LogP contribution in [0, 0.1) is 5.92 Å². The van der Waals surface area contributed by atoms with Crippen LogP contribution < -0.4 is 0 Å². The molecule has 0 fully saturated rings. The molecule has 0 unspecified atom stereocenters. The van der Waals surface area contributed by atoms with Crippen molar-refractivity contribution in [2.24, 2.45) is 5.92 Å². The van der Waals surface area contributed by atoms with Gasteiger partial charge in [-0.15, -0.1) is 6.58 Å². The molecule has 0 nitrogen and oxygen atoms in total. The predicted octanol–water partition coefficient (Wildman–Crippen LogP) is 3.33. The van der Waals surface area contributed by atoms with Gasteiger partial charge in [0.05, 0.1) is 0 Å². The summed E-state index contributed by atoms with van der Waals surface area (Å²) in [6.07, 6.45) is 4.07. The van der Waals surface area contributed by atoms with Crippen molar-refractivity contribution in [2.75, 3.05) is 0 Å². The van der Waals surface area contributed by atoms with Crippen molar-refractivity contribution in [2.45, 2.75) is 20.8 Å². The number of rotatable bonds is 3. The first-order valence-corrected chi connectivity index (χ1v) is 3.51. The van der Waals surface area contributed by atoms with E-state index in [2.05, 4.69) is 33.1 Å². The summed E-state index contributed by atoms with van der Waals surface area (Å²) in [6, 6.07) is 0. The molecule has 0 heteroatoms. The van der Waals surface area contributed by atoms with Crippen molar-refractivity contribution >= 4 is 0 Å². The lowest BCUT2D eigenvalue weighted by molar-refractivity contribution is 0.961. The van der Waals surface area contributed by atoms with Gasteiger partial charge in [0, 0.05) is 5.92 Å². The molecule has 0 saturated carbocycles. The van der Waals surface area contributed by atoms with Crippen LogP contribution in [0.2, 0.25) is 0 Å². The highest BCUT2D eigenvalue weighted by molar-refractivity contribution is 5.16. The van der Waals surface area contributed by atoms with E-state index in [-0.39, 0.29) is 0 Å². The van der Waals surface area contributed by atoms with Crippen molar-refractivity contribution in [3.63, 3.8) is 0 Å². The van der Waals surface area contributed by atoms with E-state index in [0.717, 1.165) is 5.57 Å². The summed E-state index contributed by atoms with van der Waals surface area (Å²) in [5.41, 5.74) is 2.46. The molecule has 0 bridgehead atoms. The first kappa shape index (κ1) is 9.22. The zero-order chi connectivity index (χ0) is 8.15. The maximum Gasteiger partial charge on any atom is 0.0151 e. The van der Waals surface area contributed by atoms with Crippen LogP contribution >= 0.6 is 0 Å². The van der Waals surface area contributed by atoms with E-state index in [4.69, 9.17) is 0 Å². The molecule has 0 N–H and O–H groups in total. The smallest absolute Gasteiger partial charge is 0.0151 e. The molecule has 0 radical (unpaired) electrons. The minimum absolute atomic E-state index is 0.352. The highest BCUT2D eigenvalue weighted by atomic mass is 14.0. The fourth-order valence-corrected chi connectivity index (χ4v) is 0.771. The van der Waals surface area contributed by atoms with Gasteiger partial charge in [0.25, 0.3) is 0 Å². The van der Waals surface area contributed by atoms with Crippen LogP contribution in [0.25, 0.3) is 0 Å². The van der Waals surface area contributed by atoms with Gasteiger partial charge in [0.2, 0.25) is 0 Å². The van der Waals surface area contributed by atoms with Crippen molar-refractivity contribution in [1.29, 1.82) is 0 Å². The van der Waals surface area contributed by atoms with E-state index in [1.54, 1.807) is 0 Å². The summed E-state index contributed by atoms with van der Waals surface area (Å²) in [4.78, 5) is 0. The van der Waals surface area contributed by atoms with Gasteiger partial charge in [0.1, 0.15) is 0 Å². The molecule has 56 valence electrons. The SMILES string of the molecule is C=C[C@@H](C=C(C)C)C(=C)C. The molecule has 0 aromatic carbocycles. The zero-order valence-corrected chi connectivity index (χ0v) is 7.15. The van der Waals surface area contributed by atoms with Gasteiger partial charge in [-0.1, -0.05) is 29.9 Å². The Morgan fingerprint density at radius 3 is 1.90 bits per heavy atom. The maximum atomic E-state index is 3.86. The Hall–Kier alpha value is -0.780. The molecule has 0 aliphatic carbocycles. The third kappa shape index (κ3) is 3.29. The number of hydrogen-bond donors (Lipinski definition) is 0. The van der Waals surface area contributed by atoms with Crippen LogP contribution in [0.15, 0.2) is 36.5 Å². The second kappa shape index (κ2) is 4.10. The van der Waals surface area contributed by atoms with Crippen molar-refractivity contribution < 1.29 is 0 Å². The van der Waals surface area contributed by atoms with Gasteiger partial charge in [-0.25, -0.2) is 0 Å². The topological polar surface area (TPSA) is 0 Å². The Balaban J connectivity index is 4.23. The summed E-state index contributed by atoms with van der Waals surface area (Å²) in [5, 5.41) is 0. The van der Waals surface area contributed by atoms with Crippen LogP contribution in [-0.2, 0) is 0 Å². The van der Waals surface area contributed by atoms with Crippen LogP contribution in [0.5, 0.6) is 0 Å². The molecule has 0 amide bonds. The Bertz CT molecular complexity index is 157. The van der Waals surface area contributed by atoms with Crippen molar-refractivity contribution in [3.8, 4) is 0 Å². The van der Waals surface area contributed by atoms with E-state index in [1.807, 2.05) is 13.0 Å². The summed E-state index contributed by atoms with van der Waals surface area (Å²) in [5.74, 6) is 0.352. The van der Waals surface area contributed by atoms with Gasteiger partial charge in [-0.05, 0) is 20.8 Å². The third-order valence-electron chi connectivity index (χ3n) is 1.34. The minimum atomic E-state index is 0.352. The molecule has 10 heavy (non-hydrogen) atoms. The molecule has 0 rings (SSSR count). The molecular weight excluding hydrogens is 120 g/mol. The first-order valence-electron chi connectivity index (χ1n) is 3.51. The Kier molecular flexibility index (Phi) is 3.78. The largest absolute Gasteiger partial charge is 0.102 e. The highest BCUT2D eigenvalue weighted by Crippen LogP contribution is 2.12. The van der Waals surface area contributed by atoms with E-state index in [1.165, 1.54) is 5.57 Å². The molecular formula is C10H16. The van der Waals surface area contributed by atoms with Gasteiger partial charge in [-0.3, -0.25) is 0 Å². The van der Waals surface area contributed by atoms with Gasteiger partial charge < -0.3 is 0 Å². The lowest BCUT2D eigenvalue weighted by atomic mass is 10.00. The molecule has 0 aliphatic rings. The average Bonchev–Trinajstić information content (AvgIpc) is 1.81. The summed E-state index contributed by atoms with van der Waals surface area (Å²) in [6.45, 7) is 13.8. The molecule has 0 saturated heterocycles. The zero-order valence-electron chi connectivity index (χ0n) is 7.15. The van der Waals surface area contributed by atoms with Crippen LogP contribution in [0.4, 0.5) is 0 Å². The Morgan fingerprint density at radius 2 is 1.80 bits per heavy atom. The quantitative estimate of drug-likeness (QED) is 0.522. The van der Waals surface area contributed by atoms with Crippen LogP contribution in [0.3, 0.4) is 0 Å². The minimum Gasteiger partial charge on any atom is -0.102 e. The standard InChI is InChI=1S/C10H16/c1-6-10(9(4)5)7-8(2)3/h6-7,10H,1,4H2,2-3,5H3/t10-/m0/s1. The maximum absolute atomic E-state index is 3.86. The second-order valence-electron chi connectivity index (χ2n) is 2.85. The molecule has 0 heterocycles. The monoisotopic (exact) mass is 136 g/mol. The lowest BCUT2D eigenvalue weighted by Gasteiger charge is -2.05. The van der Waals surface area contributed by atoms with Crippen molar-refractivity contribution in [3.05, 3.63) is 36.5 Å². The van der Waals surface area contributed by atoms with E-state index in [0.29, 0.717) is 5.92 Å². The van der Waals surface area contributed by atoms with E-state index < -0.39 is 0 Å². The van der Waals surface area contributed by atoms with E-state index >= 15 is 0 Å². The molecule has 1 atom stereocenters. The molecule has 0 spiro atoms. The highest BCUT2D eigenvalue weighted by Gasteiger charge is 1.98.